The van der Waals surface area contributed by atoms with Gasteiger partial charge in [0, 0.05) is 17.8 Å². The van der Waals surface area contributed by atoms with Crippen LogP contribution in [0.5, 0.6) is 0 Å². The summed E-state index contributed by atoms with van der Waals surface area (Å²) < 4.78 is 0. The predicted octanol–water partition coefficient (Wildman–Crippen LogP) is 7.02. The van der Waals surface area contributed by atoms with Gasteiger partial charge in [-0.1, -0.05) is 88.4 Å². The number of nitrogens with zero attached hydrogens (tertiary/aromatic N) is 1. The van der Waals surface area contributed by atoms with E-state index < -0.39 is 0 Å². The van der Waals surface area contributed by atoms with Crippen LogP contribution in [0.3, 0.4) is 0 Å². The highest BCUT2D eigenvalue weighted by Gasteiger charge is 2.04. The van der Waals surface area contributed by atoms with Crippen LogP contribution in [0.4, 0.5) is 0 Å². The Morgan fingerprint density at radius 3 is 2.10 bits per heavy atom. The lowest BCUT2D eigenvalue weighted by Gasteiger charge is -2.04. The van der Waals surface area contributed by atoms with Gasteiger partial charge in [-0.2, -0.15) is 0 Å². The maximum Gasteiger partial charge on any atom is 0.120 e. The molecule has 0 atom stereocenters. The number of hydroxylamine groups is 1. The molecule has 0 aliphatic rings. The van der Waals surface area contributed by atoms with Crippen LogP contribution < -0.4 is 5.48 Å². The van der Waals surface area contributed by atoms with Crippen molar-refractivity contribution in [1.29, 1.82) is 0 Å². The summed E-state index contributed by atoms with van der Waals surface area (Å²) in [5.74, 6) is 0.644. The Kier molecular flexibility index (Phi) is 13.1. The molecule has 0 radical (unpaired) electrons. The minimum absolute atomic E-state index is 0.644. The minimum Gasteiger partial charge on any atom is -0.290 e. The fourth-order valence-corrected chi connectivity index (χ4v) is 3.57. The second-order valence-corrected chi connectivity index (χ2v) is 6.84. The monoisotopic (exact) mass is 410 g/mol. The lowest BCUT2D eigenvalue weighted by atomic mass is 10.1. The van der Waals surface area contributed by atoms with Crippen LogP contribution in [-0.2, 0) is 12.8 Å². The van der Waals surface area contributed by atoms with Gasteiger partial charge in [0.15, 0.2) is 0 Å². The zero-order valence-electron chi connectivity index (χ0n) is 18.1. The van der Waals surface area contributed by atoms with Crippen LogP contribution in [0.1, 0.15) is 44.6 Å². The van der Waals surface area contributed by atoms with Crippen molar-refractivity contribution >= 4 is 17.2 Å². The molecule has 4 heteroatoms. The number of rotatable bonds is 7. The van der Waals surface area contributed by atoms with Crippen molar-refractivity contribution in [3.05, 3.63) is 82.6 Å². The van der Waals surface area contributed by atoms with Crippen LogP contribution in [0.15, 0.2) is 77.1 Å². The summed E-state index contributed by atoms with van der Waals surface area (Å²) in [4.78, 5) is 5.77. The van der Waals surface area contributed by atoms with Gasteiger partial charge in [0.05, 0.1) is 0 Å². The number of hydrogen-bond donors (Lipinski definition) is 2. The fourth-order valence-electron chi connectivity index (χ4n) is 2.67. The molecule has 0 spiro atoms. The van der Waals surface area contributed by atoms with E-state index in [4.69, 9.17) is 0 Å². The molecule has 3 rings (SSSR count). The smallest absolute Gasteiger partial charge is 0.120 e. The van der Waals surface area contributed by atoms with Crippen LogP contribution in [-0.4, -0.2) is 17.6 Å². The Balaban J connectivity index is 0.000000989. The van der Waals surface area contributed by atoms with E-state index in [2.05, 4.69) is 58.3 Å². The molecule has 156 valence electrons. The third kappa shape index (κ3) is 9.07. The topological polar surface area (TPSA) is 44.6 Å². The summed E-state index contributed by atoms with van der Waals surface area (Å²) >= 11 is 1.75. The first-order valence-electron chi connectivity index (χ1n) is 10.5. The largest absolute Gasteiger partial charge is 0.290 e. The summed E-state index contributed by atoms with van der Waals surface area (Å²) in [7, 11) is 0. The summed E-state index contributed by atoms with van der Waals surface area (Å²) in [5.41, 5.74) is 6.00. The second kappa shape index (κ2) is 15.5. The molecular weight excluding hydrogens is 376 g/mol. The number of nitrogens with one attached hydrogen (secondary N) is 1. The first-order chi connectivity index (χ1) is 14.3. The zero-order chi connectivity index (χ0) is 21.3. The van der Waals surface area contributed by atoms with E-state index in [1.54, 1.807) is 11.3 Å². The van der Waals surface area contributed by atoms with Gasteiger partial charge < -0.3 is 0 Å². The van der Waals surface area contributed by atoms with Crippen molar-refractivity contribution in [3.63, 3.8) is 0 Å². The van der Waals surface area contributed by atoms with Gasteiger partial charge in [-0.3, -0.25) is 15.7 Å². The predicted molar refractivity (Wildman–Crippen MR) is 128 cm³/mol. The Hall–Kier alpha value is -2.43. The van der Waals surface area contributed by atoms with Gasteiger partial charge in [-0.05, 0) is 41.0 Å². The number of thiophene rings is 1. The van der Waals surface area contributed by atoms with Crippen molar-refractivity contribution < 1.29 is 5.21 Å². The van der Waals surface area contributed by atoms with E-state index in [0.29, 0.717) is 18.8 Å². The summed E-state index contributed by atoms with van der Waals surface area (Å²) in [6, 6.07) is 22.9. The average Bonchev–Trinajstić information content (AvgIpc) is 3.29. The molecule has 2 N–H and O–H groups in total. The van der Waals surface area contributed by atoms with E-state index in [1.807, 2.05) is 52.0 Å². The third-order valence-corrected chi connectivity index (χ3v) is 5.04. The Labute approximate surface area is 180 Å². The molecule has 0 amide bonds. The Bertz CT molecular complexity index is 798. The normalized spacial score (nSPS) is 10.3. The van der Waals surface area contributed by atoms with Gasteiger partial charge in [-0.15, -0.1) is 11.3 Å². The molecule has 1 aromatic heterocycles. The van der Waals surface area contributed by atoms with E-state index in [-0.39, 0.29) is 0 Å². The Morgan fingerprint density at radius 2 is 1.48 bits per heavy atom. The van der Waals surface area contributed by atoms with Gasteiger partial charge in [0.1, 0.15) is 5.84 Å². The van der Waals surface area contributed by atoms with Gasteiger partial charge in [-0.25, -0.2) is 0 Å². The van der Waals surface area contributed by atoms with E-state index in [0.717, 1.165) is 12.8 Å². The van der Waals surface area contributed by atoms with Crippen molar-refractivity contribution in [2.75, 3.05) is 6.54 Å². The molecule has 0 fully saturated rings. The van der Waals surface area contributed by atoms with Crippen molar-refractivity contribution in [1.82, 2.24) is 5.48 Å². The molecule has 0 aliphatic carbocycles. The second-order valence-electron chi connectivity index (χ2n) is 5.84. The maximum absolute atomic E-state index is 9.31. The average molecular weight is 411 g/mol. The summed E-state index contributed by atoms with van der Waals surface area (Å²) in [5, 5.41) is 11.5. The van der Waals surface area contributed by atoms with Crippen molar-refractivity contribution in [2.24, 2.45) is 4.99 Å². The number of benzene rings is 2. The molecule has 3 aromatic rings. The number of aliphatic imine (C=N–C) groups is 1. The molecule has 1 heterocycles. The molecule has 29 heavy (non-hydrogen) atoms. The summed E-state index contributed by atoms with van der Waals surface area (Å²) in [6.07, 6.45) is 2.46. The molecule has 0 aliphatic heterocycles. The lowest BCUT2D eigenvalue weighted by Crippen LogP contribution is -2.20. The standard InChI is InChI=1S/C21H22N2OS.2C2H6/c24-23-21(22-14-13-17-7-3-1-4-8-17)12-11-20-15-19(16-25-20)18-9-5-2-6-10-18;2*1-2/h1-10,15-16,24H,11-14H2,(H,22,23);2*1-2H3. The van der Waals surface area contributed by atoms with Crippen LogP contribution >= 0.6 is 11.3 Å². The fraction of sp³-hybridized carbons (Fsp3) is 0.320. The molecular formula is C25H34N2OS. The number of amidine groups is 1. The number of aryl methyl sites for hydroxylation is 1. The quantitative estimate of drug-likeness (QED) is 0.250. The van der Waals surface area contributed by atoms with E-state index in [9.17, 15) is 5.21 Å². The van der Waals surface area contributed by atoms with Gasteiger partial charge in [0.2, 0.25) is 0 Å². The van der Waals surface area contributed by atoms with Gasteiger partial charge in [0.25, 0.3) is 0 Å². The first kappa shape index (κ1) is 24.6. The highest BCUT2D eigenvalue weighted by molar-refractivity contribution is 7.10. The highest BCUT2D eigenvalue weighted by Crippen LogP contribution is 2.26. The van der Waals surface area contributed by atoms with Crippen LogP contribution in [0, 0.1) is 0 Å². The zero-order valence-corrected chi connectivity index (χ0v) is 18.9. The summed E-state index contributed by atoms with van der Waals surface area (Å²) in [6.45, 7) is 8.67. The van der Waals surface area contributed by atoms with E-state index >= 15 is 0 Å². The third-order valence-electron chi connectivity index (χ3n) is 4.04. The van der Waals surface area contributed by atoms with E-state index in [1.165, 1.54) is 21.6 Å². The molecule has 0 unspecified atom stereocenters. The molecule has 0 saturated heterocycles. The maximum atomic E-state index is 9.31. The molecule has 0 bridgehead atoms. The lowest BCUT2D eigenvalue weighted by molar-refractivity contribution is 0.231. The van der Waals surface area contributed by atoms with Crippen molar-refractivity contribution in [2.45, 2.75) is 47.0 Å². The number of hydrogen-bond acceptors (Lipinski definition) is 3. The molecule has 0 saturated carbocycles. The molecule has 2 aromatic carbocycles. The molecule has 3 nitrogen and oxygen atoms in total. The minimum atomic E-state index is 0.644. The first-order valence-corrected chi connectivity index (χ1v) is 11.3. The van der Waals surface area contributed by atoms with Crippen LogP contribution in [0.25, 0.3) is 11.1 Å². The van der Waals surface area contributed by atoms with Gasteiger partial charge >= 0.3 is 0 Å². The van der Waals surface area contributed by atoms with Crippen molar-refractivity contribution in [3.8, 4) is 11.1 Å². The van der Waals surface area contributed by atoms with Crippen LogP contribution in [0.2, 0.25) is 0 Å². The SMILES string of the molecule is CC.CC.ONC(CCc1cc(-c2ccccc2)cs1)=NCCc1ccccc1. The Morgan fingerprint density at radius 1 is 0.862 bits per heavy atom. The highest BCUT2D eigenvalue weighted by atomic mass is 32.1.